The van der Waals surface area contributed by atoms with Crippen LogP contribution < -0.4 is 10.6 Å². The maximum atomic E-state index is 13.3. The van der Waals surface area contributed by atoms with E-state index in [1.54, 1.807) is 0 Å². The van der Waals surface area contributed by atoms with Gasteiger partial charge < -0.3 is 19.8 Å². The van der Waals surface area contributed by atoms with Gasteiger partial charge in [-0.1, -0.05) is 94.1 Å². The van der Waals surface area contributed by atoms with Crippen molar-refractivity contribution in [1.29, 1.82) is 0 Å². The second kappa shape index (κ2) is 9.53. The molecule has 2 amide bonds. The standard InChI is InChI=1S/C26H34N2O4Si/c1-6-17-31-23(30)28-21-20(22(29)27-21)26(24(2,3)4,19-15-11-8-12-16-19)25(5,32-33)18-13-9-7-10-14-18/h6-16,20-21H,1,17H2,2-5,33H3,(H,27,29)(H,28,30)/t20-,21+,25-,26?/m0/s1. The maximum Gasteiger partial charge on any atom is 0.409 e. The van der Waals surface area contributed by atoms with Crippen LogP contribution in [-0.2, 0) is 25.0 Å². The molecule has 0 spiro atoms. The average Bonchev–Trinajstić information content (AvgIpc) is 2.80. The molecule has 7 heteroatoms. The summed E-state index contributed by atoms with van der Waals surface area (Å²) >= 11 is 0. The number of nitrogens with one attached hydrogen (secondary N) is 2. The Morgan fingerprint density at radius 1 is 1.06 bits per heavy atom. The summed E-state index contributed by atoms with van der Waals surface area (Å²) in [6, 6.07) is 20.0. The number of amides is 2. The molecule has 33 heavy (non-hydrogen) atoms. The molecule has 0 radical (unpaired) electrons. The van der Waals surface area contributed by atoms with E-state index in [-0.39, 0.29) is 12.5 Å². The lowest BCUT2D eigenvalue weighted by molar-refractivity contribution is -0.162. The van der Waals surface area contributed by atoms with Gasteiger partial charge in [0.25, 0.3) is 0 Å². The van der Waals surface area contributed by atoms with Gasteiger partial charge in [0.15, 0.2) is 0 Å². The predicted octanol–water partition coefficient (Wildman–Crippen LogP) is 3.17. The maximum absolute atomic E-state index is 13.3. The van der Waals surface area contributed by atoms with E-state index in [4.69, 9.17) is 9.16 Å². The summed E-state index contributed by atoms with van der Waals surface area (Å²) in [7, 11) is 0.451. The Morgan fingerprint density at radius 2 is 1.61 bits per heavy atom. The van der Waals surface area contributed by atoms with Crippen molar-refractivity contribution in [3.8, 4) is 0 Å². The van der Waals surface area contributed by atoms with Crippen LogP contribution in [0.2, 0.25) is 0 Å². The highest BCUT2D eigenvalue weighted by Crippen LogP contribution is 2.61. The molecular formula is C26H34N2O4Si. The molecule has 2 aromatic carbocycles. The first kappa shape index (κ1) is 24.7. The summed E-state index contributed by atoms with van der Waals surface area (Å²) in [6.07, 6.45) is 0.282. The molecular weight excluding hydrogens is 432 g/mol. The molecule has 0 aliphatic carbocycles. The van der Waals surface area contributed by atoms with Crippen LogP contribution in [0.4, 0.5) is 4.79 Å². The van der Waals surface area contributed by atoms with Crippen molar-refractivity contribution in [2.45, 2.75) is 44.9 Å². The summed E-state index contributed by atoms with van der Waals surface area (Å²) < 4.78 is 11.6. The van der Waals surface area contributed by atoms with Crippen molar-refractivity contribution >= 4 is 22.5 Å². The van der Waals surface area contributed by atoms with Gasteiger partial charge in [-0.05, 0) is 23.5 Å². The van der Waals surface area contributed by atoms with Crippen LogP contribution in [0, 0.1) is 11.3 Å². The van der Waals surface area contributed by atoms with E-state index in [2.05, 4.69) is 44.9 Å². The van der Waals surface area contributed by atoms with E-state index >= 15 is 0 Å². The molecule has 1 heterocycles. The fourth-order valence-corrected chi connectivity index (χ4v) is 6.14. The van der Waals surface area contributed by atoms with Crippen LogP contribution in [0.15, 0.2) is 73.3 Å². The Balaban J connectivity index is 2.26. The number of alkyl carbamates (subject to hydrolysis) is 1. The highest BCUT2D eigenvalue weighted by atomic mass is 28.2. The van der Waals surface area contributed by atoms with Crippen LogP contribution in [0.3, 0.4) is 0 Å². The van der Waals surface area contributed by atoms with Crippen LogP contribution >= 0.6 is 0 Å². The van der Waals surface area contributed by atoms with Gasteiger partial charge in [0.2, 0.25) is 5.91 Å². The van der Waals surface area contributed by atoms with E-state index in [9.17, 15) is 9.59 Å². The van der Waals surface area contributed by atoms with Gasteiger partial charge >= 0.3 is 6.09 Å². The normalized spacial score (nSPS) is 21.6. The number of hydrogen-bond acceptors (Lipinski definition) is 4. The smallest absolute Gasteiger partial charge is 0.409 e. The second-order valence-corrected chi connectivity index (χ2v) is 9.93. The first-order chi connectivity index (χ1) is 15.6. The van der Waals surface area contributed by atoms with Crippen LogP contribution in [0.1, 0.15) is 38.8 Å². The molecule has 1 fully saturated rings. The van der Waals surface area contributed by atoms with Crippen LogP contribution in [-0.4, -0.2) is 35.3 Å². The molecule has 2 aromatic rings. The third-order valence-corrected chi connectivity index (χ3v) is 7.70. The topological polar surface area (TPSA) is 76.7 Å². The zero-order valence-corrected chi connectivity index (χ0v) is 22.1. The summed E-state index contributed by atoms with van der Waals surface area (Å²) in [6.45, 7) is 12.1. The Labute approximate surface area is 199 Å². The molecule has 1 aliphatic heterocycles. The quantitative estimate of drug-likeness (QED) is 0.356. The van der Waals surface area contributed by atoms with Crippen molar-refractivity contribution in [1.82, 2.24) is 10.6 Å². The Morgan fingerprint density at radius 3 is 2.06 bits per heavy atom. The van der Waals surface area contributed by atoms with Crippen molar-refractivity contribution < 1.29 is 18.8 Å². The minimum atomic E-state index is -0.854. The lowest BCUT2D eigenvalue weighted by Crippen LogP contribution is -2.77. The number of β-lactam (4-membered cyclic amide) rings is 1. The van der Waals surface area contributed by atoms with Gasteiger partial charge in [-0.15, -0.1) is 0 Å². The number of ether oxygens (including phenoxy) is 1. The van der Waals surface area contributed by atoms with Crippen molar-refractivity contribution in [2.75, 3.05) is 6.61 Å². The highest BCUT2D eigenvalue weighted by molar-refractivity contribution is 5.98. The first-order valence-corrected chi connectivity index (χ1v) is 12.0. The summed E-state index contributed by atoms with van der Waals surface area (Å²) in [4.78, 5) is 25.7. The molecule has 0 saturated carbocycles. The molecule has 0 aromatic heterocycles. The molecule has 176 valence electrons. The third kappa shape index (κ3) is 4.11. The third-order valence-electron chi connectivity index (χ3n) is 6.88. The van der Waals surface area contributed by atoms with Crippen molar-refractivity contribution in [3.05, 3.63) is 84.4 Å². The lowest BCUT2D eigenvalue weighted by atomic mass is 9.46. The molecule has 1 aliphatic rings. The fraction of sp³-hybridized carbons (Fsp3) is 0.385. The Kier molecular flexibility index (Phi) is 7.14. The lowest BCUT2D eigenvalue weighted by Gasteiger charge is -2.63. The molecule has 0 bridgehead atoms. The first-order valence-electron chi connectivity index (χ1n) is 11.1. The van der Waals surface area contributed by atoms with Gasteiger partial charge in [-0.2, -0.15) is 0 Å². The van der Waals surface area contributed by atoms with Crippen LogP contribution in [0.25, 0.3) is 0 Å². The number of hydrogen-bond donors (Lipinski definition) is 2. The Hall–Kier alpha value is -2.90. The van der Waals surface area contributed by atoms with Crippen LogP contribution in [0.5, 0.6) is 0 Å². The predicted molar refractivity (Wildman–Crippen MR) is 132 cm³/mol. The number of carbonyl (C=O) groups is 2. The van der Waals surface area contributed by atoms with Gasteiger partial charge in [-0.3, -0.25) is 4.79 Å². The monoisotopic (exact) mass is 466 g/mol. The molecule has 1 unspecified atom stereocenters. The number of rotatable bonds is 8. The summed E-state index contributed by atoms with van der Waals surface area (Å²) in [5.41, 5.74) is -0.176. The van der Waals surface area contributed by atoms with E-state index in [1.807, 2.05) is 60.7 Å². The van der Waals surface area contributed by atoms with E-state index in [1.165, 1.54) is 6.08 Å². The van der Waals surface area contributed by atoms with Crippen molar-refractivity contribution in [3.63, 3.8) is 0 Å². The minimum absolute atomic E-state index is 0.0890. The average molecular weight is 467 g/mol. The SMILES string of the molecule is C=CCOC(=O)N[C@H]1NC(=O)[C@H]1C(c1ccccc1)(C(C)(C)C)[C@@](C)(O[SiH3])c1ccccc1. The minimum Gasteiger partial charge on any atom is -0.445 e. The highest BCUT2D eigenvalue weighted by Gasteiger charge is 2.68. The molecule has 3 rings (SSSR count). The zero-order valence-electron chi connectivity index (χ0n) is 20.1. The van der Waals surface area contributed by atoms with E-state index in [0.717, 1.165) is 11.1 Å². The van der Waals surface area contributed by atoms with Gasteiger partial charge in [0.05, 0.1) is 11.5 Å². The Bertz CT molecular complexity index is 992. The molecule has 4 atom stereocenters. The largest absolute Gasteiger partial charge is 0.445 e. The molecule has 6 nitrogen and oxygen atoms in total. The van der Waals surface area contributed by atoms with Gasteiger partial charge in [0, 0.05) is 5.41 Å². The number of benzene rings is 2. The van der Waals surface area contributed by atoms with Crippen molar-refractivity contribution in [2.24, 2.45) is 11.3 Å². The molecule has 1 saturated heterocycles. The fourth-order valence-electron chi connectivity index (χ4n) is 5.58. The summed E-state index contributed by atoms with van der Waals surface area (Å²) in [5.74, 6) is -0.737. The van der Waals surface area contributed by atoms with Gasteiger partial charge in [-0.25, -0.2) is 4.79 Å². The zero-order chi connectivity index (χ0) is 24.3. The summed E-state index contributed by atoms with van der Waals surface area (Å²) in [5, 5.41) is 5.72. The molecule has 2 N–H and O–H groups in total. The number of carbonyl (C=O) groups excluding carboxylic acids is 2. The van der Waals surface area contributed by atoms with E-state index < -0.39 is 34.6 Å². The van der Waals surface area contributed by atoms with Gasteiger partial charge in [0.1, 0.15) is 23.3 Å². The van der Waals surface area contributed by atoms with E-state index in [0.29, 0.717) is 10.5 Å². The second-order valence-electron chi connectivity index (χ2n) is 9.52.